The Kier molecular flexibility index (Phi) is 7.50. The number of hydrazone groups is 1. The quantitative estimate of drug-likeness (QED) is 0.379. The Labute approximate surface area is 195 Å². The molecule has 1 N–H and O–H groups in total. The van der Waals surface area contributed by atoms with Gasteiger partial charge in [-0.3, -0.25) is 9.10 Å². The van der Waals surface area contributed by atoms with Crippen LogP contribution in [0.3, 0.4) is 0 Å². The fourth-order valence-corrected chi connectivity index (χ4v) is 4.68. The van der Waals surface area contributed by atoms with E-state index in [-0.39, 0.29) is 10.6 Å². The molecule has 0 fully saturated rings. The van der Waals surface area contributed by atoms with E-state index in [0.29, 0.717) is 19.9 Å². The maximum atomic E-state index is 14.5. The number of carbonyl (C=O) groups excluding carboxylic acids is 1. The SMILES string of the molecule is Cc1ccc(S(=O)(=O)N(CC(=O)N/N=C\c2c(Cl)cccc2Cl)c2ccccc2F)cc1. The van der Waals surface area contributed by atoms with Gasteiger partial charge < -0.3 is 0 Å². The Morgan fingerprint density at radius 2 is 1.66 bits per heavy atom. The third-order valence-corrected chi connectivity index (χ3v) is 6.83. The van der Waals surface area contributed by atoms with Crippen LogP contribution >= 0.6 is 23.2 Å². The molecule has 0 aliphatic rings. The molecule has 3 rings (SSSR count). The fraction of sp³-hybridized carbons (Fsp3) is 0.0909. The van der Waals surface area contributed by atoms with Crippen LogP contribution in [-0.2, 0) is 14.8 Å². The van der Waals surface area contributed by atoms with Crippen molar-refractivity contribution in [3.8, 4) is 0 Å². The minimum atomic E-state index is -4.24. The van der Waals surface area contributed by atoms with Gasteiger partial charge in [-0.15, -0.1) is 0 Å². The highest BCUT2D eigenvalue weighted by Gasteiger charge is 2.29. The third kappa shape index (κ3) is 5.45. The smallest absolute Gasteiger partial charge is 0.264 e. The molecule has 6 nitrogen and oxygen atoms in total. The van der Waals surface area contributed by atoms with Crippen LogP contribution < -0.4 is 9.73 Å². The molecule has 0 atom stereocenters. The van der Waals surface area contributed by atoms with E-state index in [1.54, 1.807) is 30.3 Å². The first kappa shape index (κ1) is 23.7. The molecule has 1 amide bonds. The van der Waals surface area contributed by atoms with Gasteiger partial charge in [0.1, 0.15) is 12.4 Å². The lowest BCUT2D eigenvalue weighted by Gasteiger charge is -2.24. The van der Waals surface area contributed by atoms with E-state index in [0.717, 1.165) is 11.6 Å². The van der Waals surface area contributed by atoms with Gasteiger partial charge in [0.2, 0.25) is 0 Å². The van der Waals surface area contributed by atoms with E-state index in [2.05, 4.69) is 10.5 Å². The van der Waals surface area contributed by atoms with Crippen molar-refractivity contribution < 1.29 is 17.6 Å². The molecule has 10 heteroatoms. The summed E-state index contributed by atoms with van der Waals surface area (Å²) < 4.78 is 41.6. The van der Waals surface area contributed by atoms with Crippen LogP contribution in [0.4, 0.5) is 10.1 Å². The second kappa shape index (κ2) is 10.1. The molecule has 0 unspecified atom stereocenters. The van der Waals surface area contributed by atoms with Gasteiger partial charge >= 0.3 is 0 Å². The summed E-state index contributed by atoms with van der Waals surface area (Å²) in [4.78, 5) is 12.4. The molecular formula is C22H18Cl2FN3O3S. The first-order chi connectivity index (χ1) is 15.2. The van der Waals surface area contributed by atoms with E-state index in [1.165, 1.54) is 36.5 Å². The minimum Gasteiger partial charge on any atom is -0.271 e. The Balaban J connectivity index is 1.88. The van der Waals surface area contributed by atoms with Gasteiger partial charge in [0, 0.05) is 5.56 Å². The van der Waals surface area contributed by atoms with Crippen molar-refractivity contribution in [1.29, 1.82) is 0 Å². The van der Waals surface area contributed by atoms with Gasteiger partial charge in [-0.2, -0.15) is 5.10 Å². The number of amides is 1. The number of rotatable bonds is 7. The molecule has 0 saturated carbocycles. The number of halogens is 3. The van der Waals surface area contributed by atoms with Crippen LogP contribution in [0.2, 0.25) is 10.0 Å². The van der Waals surface area contributed by atoms with Crippen molar-refractivity contribution in [2.45, 2.75) is 11.8 Å². The highest BCUT2D eigenvalue weighted by atomic mass is 35.5. The lowest BCUT2D eigenvalue weighted by molar-refractivity contribution is -0.119. The topological polar surface area (TPSA) is 78.8 Å². The van der Waals surface area contributed by atoms with Crippen LogP contribution in [0.5, 0.6) is 0 Å². The van der Waals surface area contributed by atoms with Crippen molar-refractivity contribution in [3.05, 3.63) is 93.7 Å². The zero-order valence-electron chi connectivity index (χ0n) is 16.8. The molecule has 166 valence electrons. The lowest BCUT2D eigenvalue weighted by atomic mass is 10.2. The van der Waals surface area contributed by atoms with Crippen LogP contribution in [0.25, 0.3) is 0 Å². The van der Waals surface area contributed by atoms with Crippen molar-refractivity contribution in [1.82, 2.24) is 5.43 Å². The monoisotopic (exact) mass is 493 g/mol. The van der Waals surface area contributed by atoms with E-state index in [1.807, 2.05) is 6.92 Å². The predicted octanol–water partition coefficient (Wildman–Crippen LogP) is 4.79. The number of hydrogen-bond acceptors (Lipinski definition) is 4. The van der Waals surface area contributed by atoms with Crippen LogP contribution in [0, 0.1) is 12.7 Å². The zero-order valence-corrected chi connectivity index (χ0v) is 19.1. The molecule has 0 aliphatic carbocycles. The summed E-state index contributed by atoms with van der Waals surface area (Å²) in [6.07, 6.45) is 1.24. The summed E-state index contributed by atoms with van der Waals surface area (Å²) in [5, 5.41) is 4.44. The highest BCUT2D eigenvalue weighted by Crippen LogP contribution is 2.26. The predicted molar refractivity (Wildman–Crippen MR) is 124 cm³/mol. The van der Waals surface area contributed by atoms with Crippen LogP contribution in [-0.4, -0.2) is 27.1 Å². The summed E-state index contributed by atoms with van der Waals surface area (Å²) in [5.74, 6) is -1.58. The first-order valence-corrected chi connectivity index (χ1v) is 11.5. The van der Waals surface area contributed by atoms with Gasteiger partial charge in [0.15, 0.2) is 0 Å². The van der Waals surface area contributed by atoms with Gasteiger partial charge in [0.25, 0.3) is 15.9 Å². The number of nitrogens with one attached hydrogen (secondary N) is 1. The number of para-hydroxylation sites is 1. The molecule has 0 radical (unpaired) electrons. The van der Waals surface area contributed by atoms with Gasteiger partial charge in [-0.05, 0) is 43.3 Å². The average molecular weight is 494 g/mol. The number of anilines is 1. The molecule has 0 heterocycles. The largest absolute Gasteiger partial charge is 0.271 e. The minimum absolute atomic E-state index is 0.0782. The van der Waals surface area contributed by atoms with Crippen molar-refractivity contribution >= 4 is 51.0 Å². The Hall–Kier alpha value is -2.94. The second-order valence-electron chi connectivity index (χ2n) is 6.70. The molecule has 0 aliphatic heterocycles. The van der Waals surface area contributed by atoms with E-state index in [4.69, 9.17) is 23.2 Å². The molecule has 3 aromatic carbocycles. The average Bonchev–Trinajstić information content (AvgIpc) is 2.75. The third-order valence-electron chi connectivity index (χ3n) is 4.40. The number of sulfonamides is 1. The number of nitrogens with zero attached hydrogens (tertiary/aromatic N) is 2. The van der Waals surface area contributed by atoms with Gasteiger partial charge in [0.05, 0.1) is 26.8 Å². The molecule has 0 aromatic heterocycles. The van der Waals surface area contributed by atoms with Crippen molar-refractivity contribution in [2.75, 3.05) is 10.8 Å². The maximum absolute atomic E-state index is 14.5. The summed E-state index contributed by atoms with van der Waals surface area (Å²) in [7, 11) is -4.24. The summed E-state index contributed by atoms with van der Waals surface area (Å²) in [6.45, 7) is 1.10. The lowest BCUT2D eigenvalue weighted by Crippen LogP contribution is -2.40. The second-order valence-corrected chi connectivity index (χ2v) is 9.38. The normalized spacial score (nSPS) is 11.5. The Morgan fingerprint density at radius 1 is 1.03 bits per heavy atom. The van der Waals surface area contributed by atoms with Gasteiger partial charge in [-0.1, -0.05) is 59.1 Å². The fourth-order valence-electron chi connectivity index (χ4n) is 2.76. The molecule has 0 bridgehead atoms. The van der Waals surface area contributed by atoms with Crippen LogP contribution in [0.1, 0.15) is 11.1 Å². The summed E-state index contributed by atoms with van der Waals surface area (Å²) in [6, 6.07) is 16.2. The Bertz CT molecular complexity index is 1250. The van der Waals surface area contributed by atoms with Crippen molar-refractivity contribution in [3.63, 3.8) is 0 Å². The number of benzene rings is 3. The van der Waals surface area contributed by atoms with Crippen LogP contribution in [0.15, 0.2) is 76.7 Å². The molecular weight excluding hydrogens is 476 g/mol. The highest BCUT2D eigenvalue weighted by molar-refractivity contribution is 7.92. The first-order valence-electron chi connectivity index (χ1n) is 9.30. The molecule has 3 aromatic rings. The van der Waals surface area contributed by atoms with Crippen molar-refractivity contribution in [2.24, 2.45) is 5.10 Å². The maximum Gasteiger partial charge on any atom is 0.264 e. The molecule has 0 saturated heterocycles. The summed E-state index contributed by atoms with van der Waals surface area (Å²) >= 11 is 12.1. The molecule has 0 spiro atoms. The standard InChI is InChI=1S/C22H18Cl2FN3O3S/c1-15-9-11-16(12-10-15)32(30,31)28(21-8-3-2-7-20(21)25)14-22(29)27-26-13-17-18(23)5-4-6-19(17)24/h2-13H,14H2,1H3,(H,27,29)/b26-13-. The van der Waals surface area contributed by atoms with E-state index >= 15 is 0 Å². The number of hydrogen-bond donors (Lipinski definition) is 1. The Morgan fingerprint density at radius 3 is 2.28 bits per heavy atom. The summed E-state index contributed by atoms with van der Waals surface area (Å²) in [5.41, 5.74) is 3.20. The van der Waals surface area contributed by atoms with E-state index in [9.17, 15) is 17.6 Å². The number of aryl methyl sites for hydroxylation is 1. The zero-order chi connectivity index (χ0) is 23.3. The molecule has 32 heavy (non-hydrogen) atoms. The van der Waals surface area contributed by atoms with E-state index < -0.39 is 28.3 Å². The van der Waals surface area contributed by atoms with Gasteiger partial charge in [-0.25, -0.2) is 18.2 Å². The number of carbonyl (C=O) groups is 1.